The molecule has 1 atom stereocenters. The molecule has 1 unspecified atom stereocenters. The summed E-state index contributed by atoms with van der Waals surface area (Å²) in [6.07, 6.45) is 2.44. The van der Waals surface area contributed by atoms with Crippen molar-refractivity contribution in [3.8, 4) is 11.5 Å². The van der Waals surface area contributed by atoms with Crippen molar-refractivity contribution in [2.24, 2.45) is 5.10 Å². The standard InChI is InChI=1S/C22H23N3O4/c1-4-29-21(19-7-5-9-20-18(19)8-6-10-23-20)22(26)25-24-14-15-11-16(27-2)13-17(12-15)28-3/h5-14,21H,4H2,1-3H3,(H,25,26)/b24-14+. The number of nitrogens with one attached hydrogen (secondary N) is 1. The predicted molar refractivity (Wildman–Crippen MR) is 111 cm³/mol. The van der Waals surface area contributed by atoms with Crippen LogP contribution in [0.4, 0.5) is 0 Å². The van der Waals surface area contributed by atoms with Crippen LogP contribution in [0.2, 0.25) is 0 Å². The van der Waals surface area contributed by atoms with Crippen molar-refractivity contribution >= 4 is 23.0 Å². The van der Waals surface area contributed by atoms with E-state index in [4.69, 9.17) is 14.2 Å². The van der Waals surface area contributed by atoms with E-state index in [0.717, 1.165) is 22.0 Å². The largest absolute Gasteiger partial charge is 0.497 e. The average Bonchev–Trinajstić information content (AvgIpc) is 2.76. The summed E-state index contributed by atoms with van der Waals surface area (Å²) >= 11 is 0. The third kappa shape index (κ3) is 4.89. The Labute approximate surface area is 169 Å². The van der Waals surface area contributed by atoms with Crippen LogP contribution in [0.1, 0.15) is 24.2 Å². The highest BCUT2D eigenvalue weighted by atomic mass is 16.5. The van der Waals surface area contributed by atoms with Gasteiger partial charge in [-0.1, -0.05) is 18.2 Å². The molecule has 2 aromatic carbocycles. The smallest absolute Gasteiger partial charge is 0.273 e. The molecule has 1 aromatic heterocycles. The number of aromatic nitrogens is 1. The summed E-state index contributed by atoms with van der Waals surface area (Å²) in [7, 11) is 3.15. The highest BCUT2D eigenvalue weighted by molar-refractivity contribution is 5.91. The Balaban J connectivity index is 1.81. The van der Waals surface area contributed by atoms with Crippen molar-refractivity contribution in [3.63, 3.8) is 0 Å². The molecule has 0 saturated heterocycles. The number of amides is 1. The number of hydrazone groups is 1. The fraction of sp³-hybridized carbons (Fsp3) is 0.227. The first-order valence-corrected chi connectivity index (χ1v) is 9.17. The highest BCUT2D eigenvalue weighted by Gasteiger charge is 2.22. The first-order chi connectivity index (χ1) is 14.2. The van der Waals surface area contributed by atoms with Gasteiger partial charge in [0.2, 0.25) is 0 Å². The Morgan fingerprint density at radius 1 is 1.14 bits per heavy atom. The molecule has 0 radical (unpaired) electrons. The van der Waals surface area contributed by atoms with Gasteiger partial charge in [-0.25, -0.2) is 5.43 Å². The Hall–Kier alpha value is -3.45. The number of benzene rings is 2. The van der Waals surface area contributed by atoms with E-state index >= 15 is 0 Å². The van der Waals surface area contributed by atoms with E-state index in [9.17, 15) is 4.79 Å². The van der Waals surface area contributed by atoms with Crippen molar-refractivity contribution in [2.45, 2.75) is 13.0 Å². The van der Waals surface area contributed by atoms with Gasteiger partial charge in [-0.3, -0.25) is 9.78 Å². The summed E-state index contributed by atoms with van der Waals surface area (Å²) in [5.74, 6) is 0.898. The number of methoxy groups -OCH3 is 2. The van der Waals surface area contributed by atoms with Crippen LogP contribution in [0.5, 0.6) is 11.5 Å². The van der Waals surface area contributed by atoms with Crippen molar-refractivity contribution in [2.75, 3.05) is 20.8 Å². The van der Waals surface area contributed by atoms with Crippen LogP contribution in [-0.4, -0.2) is 37.9 Å². The van der Waals surface area contributed by atoms with Gasteiger partial charge in [-0.2, -0.15) is 5.10 Å². The summed E-state index contributed by atoms with van der Waals surface area (Å²) in [6.45, 7) is 2.22. The number of fused-ring (bicyclic) bond motifs is 1. The van der Waals surface area contributed by atoms with E-state index in [1.807, 2.05) is 37.3 Å². The lowest BCUT2D eigenvalue weighted by molar-refractivity contribution is -0.132. The summed E-state index contributed by atoms with van der Waals surface area (Å²) in [5.41, 5.74) is 4.83. The van der Waals surface area contributed by atoms with Crippen LogP contribution in [0.15, 0.2) is 59.8 Å². The quantitative estimate of drug-likeness (QED) is 0.468. The van der Waals surface area contributed by atoms with Gasteiger partial charge in [0, 0.05) is 29.8 Å². The van der Waals surface area contributed by atoms with Crippen LogP contribution in [-0.2, 0) is 9.53 Å². The molecule has 150 valence electrons. The summed E-state index contributed by atoms with van der Waals surface area (Å²) in [4.78, 5) is 17.1. The van der Waals surface area contributed by atoms with Crippen molar-refractivity contribution < 1.29 is 19.0 Å². The molecule has 3 aromatic rings. The molecule has 3 rings (SSSR count). The lowest BCUT2D eigenvalue weighted by atomic mass is 10.0. The van der Waals surface area contributed by atoms with Gasteiger partial charge in [-0.05, 0) is 36.8 Å². The van der Waals surface area contributed by atoms with E-state index in [0.29, 0.717) is 18.1 Å². The van der Waals surface area contributed by atoms with Crippen LogP contribution in [0.3, 0.4) is 0 Å². The zero-order valence-corrected chi connectivity index (χ0v) is 16.6. The summed E-state index contributed by atoms with van der Waals surface area (Å²) in [5, 5.41) is 4.94. The first-order valence-electron chi connectivity index (χ1n) is 9.17. The molecule has 7 heteroatoms. The molecule has 0 aliphatic rings. The number of nitrogens with zero attached hydrogens (tertiary/aromatic N) is 2. The average molecular weight is 393 g/mol. The van der Waals surface area contributed by atoms with E-state index in [1.165, 1.54) is 6.21 Å². The number of pyridine rings is 1. The SMILES string of the molecule is CCOC(C(=O)N/N=C/c1cc(OC)cc(OC)c1)c1cccc2ncccc12. The molecular weight excluding hydrogens is 370 g/mol. The number of hydrogen-bond acceptors (Lipinski definition) is 6. The zero-order chi connectivity index (χ0) is 20.6. The minimum Gasteiger partial charge on any atom is -0.497 e. The fourth-order valence-corrected chi connectivity index (χ4v) is 2.96. The fourth-order valence-electron chi connectivity index (χ4n) is 2.96. The molecule has 1 amide bonds. The van der Waals surface area contributed by atoms with Crippen LogP contribution >= 0.6 is 0 Å². The van der Waals surface area contributed by atoms with Gasteiger partial charge in [0.25, 0.3) is 5.91 Å². The maximum atomic E-state index is 12.8. The van der Waals surface area contributed by atoms with Crippen LogP contribution in [0.25, 0.3) is 10.9 Å². The Morgan fingerprint density at radius 2 is 1.90 bits per heavy atom. The third-order valence-corrected chi connectivity index (χ3v) is 4.30. The highest BCUT2D eigenvalue weighted by Crippen LogP contribution is 2.26. The molecule has 0 saturated carbocycles. The monoisotopic (exact) mass is 393 g/mol. The van der Waals surface area contributed by atoms with Crippen LogP contribution in [0, 0.1) is 0 Å². The summed E-state index contributed by atoms with van der Waals surface area (Å²) in [6, 6.07) is 14.7. The Kier molecular flexibility index (Phi) is 6.76. The second kappa shape index (κ2) is 9.66. The second-order valence-electron chi connectivity index (χ2n) is 6.13. The summed E-state index contributed by atoms with van der Waals surface area (Å²) < 4.78 is 16.2. The van der Waals surface area contributed by atoms with Gasteiger partial charge in [0.1, 0.15) is 11.5 Å². The molecule has 7 nitrogen and oxygen atoms in total. The number of carbonyl (C=O) groups excluding carboxylic acids is 1. The topological polar surface area (TPSA) is 82.0 Å². The molecular formula is C22H23N3O4. The van der Waals surface area contributed by atoms with Crippen molar-refractivity contribution in [3.05, 3.63) is 65.9 Å². The van der Waals surface area contributed by atoms with Crippen LogP contribution < -0.4 is 14.9 Å². The lowest BCUT2D eigenvalue weighted by Crippen LogP contribution is -2.27. The van der Waals surface area contributed by atoms with Gasteiger partial charge in [0.05, 0.1) is 26.0 Å². The molecule has 0 bridgehead atoms. The van der Waals surface area contributed by atoms with Gasteiger partial charge in [-0.15, -0.1) is 0 Å². The van der Waals surface area contributed by atoms with E-state index in [1.54, 1.807) is 38.6 Å². The van der Waals surface area contributed by atoms with E-state index in [2.05, 4.69) is 15.5 Å². The molecule has 29 heavy (non-hydrogen) atoms. The molecule has 0 fully saturated rings. The van der Waals surface area contributed by atoms with Gasteiger partial charge >= 0.3 is 0 Å². The maximum Gasteiger partial charge on any atom is 0.273 e. The van der Waals surface area contributed by atoms with Crippen molar-refractivity contribution in [1.29, 1.82) is 0 Å². The van der Waals surface area contributed by atoms with Gasteiger partial charge < -0.3 is 14.2 Å². The number of hydrogen-bond donors (Lipinski definition) is 1. The van der Waals surface area contributed by atoms with E-state index in [-0.39, 0.29) is 5.91 Å². The Morgan fingerprint density at radius 3 is 2.59 bits per heavy atom. The first kappa shape index (κ1) is 20.3. The Bertz CT molecular complexity index is 992. The van der Waals surface area contributed by atoms with E-state index < -0.39 is 6.10 Å². The molecule has 0 spiro atoms. The third-order valence-electron chi connectivity index (χ3n) is 4.30. The maximum absolute atomic E-state index is 12.8. The number of rotatable bonds is 8. The molecule has 0 aliphatic heterocycles. The number of ether oxygens (including phenoxy) is 3. The number of carbonyl (C=O) groups is 1. The lowest BCUT2D eigenvalue weighted by Gasteiger charge is -2.17. The van der Waals surface area contributed by atoms with Gasteiger partial charge in [0.15, 0.2) is 6.10 Å². The second-order valence-corrected chi connectivity index (χ2v) is 6.13. The predicted octanol–water partition coefficient (Wildman–Crippen LogP) is 3.48. The molecule has 1 heterocycles. The molecule has 0 aliphatic carbocycles. The molecule has 1 N–H and O–H groups in total. The normalized spacial score (nSPS) is 12.1. The minimum atomic E-state index is -0.801. The zero-order valence-electron chi connectivity index (χ0n) is 16.6. The van der Waals surface area contributed by atoms with Crippen molar-refractivity contribution in [1.82, 2.24) is 10.4 Å². The minimum absolute atomic E-state index is 0.366.